The molecular formula is C10H12N2O3. The number of aromatic carboxylic acids is 1. The van der Waals surface area contributed by atoms with Crippen LogP contribution in [0.1, 0.15) is 21.5 Å². The Kier molecular flexibility index (Phi) is 2.94. The maximum atomic E-state index is 10.9. The van der Waals surface area contributed by atoms with Crippen LogP contribution in [0.4, 0.5) is 10.5 Å². The van der Waals surface area contributed by atoms with Gasteiger partial charge in [0.15, 0.2) is 0 Å². The lowest BCUT2D eigenvalue weighted by Crippen LogP contribution is -2.19. The number of aryl methyl sites for hydroxylation is 1. The largest absolute Gasteiger partial charge is 0.478 e. The van der Waals surface area contributed by atoms with Crippen molar-refractivity contribution in [3.05, 3.63) is 28.8 Å². The Labute approximate surface area is 86.9 Å². The van der Waals surface area contributed by atoms with Gasteiger partial charge in [0.2, 0.25) is 0 Å². The molecule has 0 saturated heterocycles. The van der Waals surface area contributed by atoms with Crippen molar-refractivity contribution in [1.29, 1.82) is 0 Å². The molecule has 0 unspecified atom stereocenters. The number of hydrogen-bond donors (Lipinski definition) is 3. The zero-order chi connectivity index (χ0) is 11.6. The van der Waals surface area contributed by atoms with Crippen LogP contribution in [0.2, 0.25) is 0 Å². The summed E-state index contributed by atoms with van der Waals surface area (Å²) in [6, 6.07) is 2.34. The van der Waals surface area contributed by atoms with E-state index in [-0.39, 0.29) is 5.56 Å². The fraction of sp³-hybridized carbons (Fsp3) is 0.200. The first kappa shape index (κ1) is 11.0. The maximum absolute atomic E-state index is 10.9. The van der Waals surface area contributed by atoms with Gasteiger partial charge in [-0.1, -0.05) is 0 Å². The Morgan fingerprint density at radius 3 is 2.40 bits per heavy atom. The smallest absolute Gasteiger partial charge is 0.336 e. The number of rotatable bonds is 2. The lowest BCUT2D eigenvalue weighted by atomic mass is 10.0. The van der Waals surface area contributed by atoms with E-state index in [1.807, 2.05) is 0 Å². The molecule has 1 aromatic rings. The lowest BCUT2D eigenvalue weighted by molar-refractivity contribution is 0.0696. The first-order valence-corrected chi connectivity index (χ1v) is 4.33. The van der Waals surface area contributed by atoms with E-state index in [9.17, 15) is 9.59 Å². The van der Waals surface area contributed by atoms with Crippen LogP contribution in [0.25, 0.3) is 0 Å². The minimum absolute atomic E-state index is 0.166. The minimum atomic E-state index is -1.02. The fourth-order valence-corrected chi connectivity index (χ4v) is 1.30. The summed E-state index contributed by atoms with van der Waals surface area (Å²) in [5.74, 6) is -1.02. The van der Waals surface area contributed by atoms with Crippen LogP contribution in [0.5, 0.6) is 0 Å². The van der Waals surface area contributed by atoms with Gasteiger partial charge in [0.1, 0.15) is 0 Å². The topological polar surface area (TPSA) is 92.4 Å². The highest BCUT2D eigenvalue weighted by molar-refractivity contribution is 5.94. The molecular weight excluding hydrogens is 196 g/mol. The van der Waals surface area contributed by atoms with Crippen LogP contribution in [-0.4, -0.2) is 17.1 Å². The van der Waals surface area contributed by atoms with E-state index in [2.05, 4.69) is 5.32 Å². The number of carbonyl (C=O) groups is 2. The number of hydrogen-bond acceptors (Lipinski definition) is 2. The summed E-state index contributed by atoms with van der Waals surface area (Å²) in [7, 11) is 0. The van der Waals surface area contributed by atoms with Crippen LogP contribution in [0, 0.1) is 13.8 Å². The number of carbonyl (C=O) groups excluding carboxylic acids is 1. The minimum Gasteiger partial charge on any atom is -0.478 e. The van der Waals surface area contributed by atoms with E-state index in [1.54, 1.807) is 19.9 Å². The van der Waals surface area contributed by atoms with E-state index in [0.717, 1.165) is 5.56 Å². The highest BCUT2D eigenvalue weighted by Crippen LogP contribution is 2.19. The lowest BCUT2D eigenvalue weighted by Gasteiger charge is -2.09. The molecule has 0 heterocycles. The number of nitrogens with one attached hydrogen (secondary N) is 1. The second-order valence-corrected chi connectivity index (χ2v) is 3.26. The van der Waals surface area contributed by atoms with Crippen LogP contribution in [0.15, 0.2) is 12.1 Å². The normalized spacial score (nSPS) is 9.73. The Morgan fingerprint density at radius 1 is 1.33 bits per heavy atom. The molecule has 0 aliphatic carbocycles. The molecule has 1 aromatic carbocycles. The zero-order valence-electron chi connectivity index (χ0n) is 8.50. The van der Waals surface area contributed by atoms with Crippen molar-refractivity contribution in [3.8, 4) is 0 Å². The van der Waals surface area contributed by atoms with Gasteiger partial charge in [-0.25, -0.2) is 9.59 Å². The zero-order valence-corrected chi connectivity index (χ0v) is 8.50. The quantitative estimate of drug-likeness (QED) is 0.687. The van der Waals surface area contributed by atoms with Gasteiger partial charge < -0.3 is 16.2 Å². The van der Waals surface area contributed by atoms with Gasteiger partial charge in [0.05, 0.1) is 5.56 Å². The molecule has 5 heteroatoms. The highest BCUT2D eigenvalue weighted by atomic mass is 16.4. The number of carboxylic acids is 1. The number of primary amides is 1. The van der Waals surface area contributed by atoms with Crippen molar-refractivity contribution in [3.63, 3.8) is 0 Å². The number of benzene rings is 1. The Bertz CT molecular complexity index is 427. The molecule has 5 nitrogen and oxygen atoms in total. The second kappa shape index (κ2) is 4.00. The summed E-state index contributed by atoms with van der Waals surface area (Å²) in [5, 5.41) is 11.2. The Morgan fingerprint density at radius 2 is 1.93 bits per heavy atom. The third kappa shape index (κ3) is 2.46. The SMILES string of the molecule is Cc1cc(NC(N)=O)cc(C(=O)O)c1C. The van der Waals surface area contributed by atoms with Gasteiger partial charge in [-0.3, -0.25) is 0 Å². The van der Waals surface area contributed by atoms with Gasteiger partial charge in [-0.15, -0.1) is 0 Å². The molecule has 4 N–H and O–H groups in total. The molecule has 0 aromatic heterocycles. The average molecular weight is 208 g/mol. The molecule has 0 aliphatic heterocycles. The molecule has 0 bridgehead atoms. The van der Waals surface area contributed by atoms with Crippen molar-refractivity contribution < 1.29 is 14.7 Å². The molecule has 2 amide bonds. The van der Waals surface area contributed by atoms with Crippen molar-refractivity contribution in [1.82, 2.24) is 0 Å². The molecule has 0 spiro atoms. The Hall–Kier alpha value is -2.04. The predicted octanol–water partition coefficient (Wildman–Crippen LogP) is 1.49. The van der Waals surface area contributed by atoms with E-state index >= 15 is 0 Å². The first-order valence-electron chi connectivity index (χ1n) is 4.33. The van der Waals surface area contributed by atoms with Crippen molar-refractivity contribution in [2.75, 3.05) is 5.32 Å². The molecule has 0 saturated carbocycles. The molecule has 1 rings (SSSR count). The standard InChI is InChI=1S/C10H12N2O3/c1-5-3-7(12-10(11)15)4-8(6(5)2)9(13)14/h3-4H,1-2H3,(H,13,14)(H3,11,12,15). The van der Waals surface area contributed by atoms with Crippen LogP contribution < -0.4 is 11.1 Å². The summed E-state index contributed by atoms with van der Waals surface area (Å²) >= 11 is 0. The Balaban J connectivity index is 3.23. The van der Waals surface area contributed by atoms with Crippen LogP contribution >= 0.6 is 0 Å². The highest BCUT2D eigenvalue weighted by Gasteiger charge is 2.11. The van der Waals surface area contributed by atoms with E-state index in [1.165, 1.54) is 6.07 Å². The number of urea groups is 1. The van der Waals surface area contributed by atoms with Crippen LogP contribution in [-0.2, 0) is 0 Å². The number of anilines is 1. The van der Waals surface area contributed by atoms with Gasteiger partial charge in [-0.05, 0) is 37.1 Å². The van der Waals surface area contributed by atoms with E-state index < -0.39 is 12.0 Å². The summed E-state index contributed by atoms with van der Waals surface area (Å²) in [6.45, 7) is 3.49. The fourth-order valence-electron chi connectivity index (χ4n) is 1.30. The average Bonchev–Trinajstić information content (AvgIpc) is 2.09. The molecule has 0 radical (unpaired) electrons. The molecule has 80 valence electrons. The summed E-state index contributed by atoms with van der Waals surface area (Å²) in [4.78, 5) is 21.5. The number of carboxylic acid groups (broad SMARTS) is 1. The van der Waals surface area contributed by atoms with Crippen molar-refractivity contribution in [2.45, 2.75) is 13.8 Å². The van der Waals surface area contributed by atoms with Gasteiger partial charge in [0, 0.05) is 5.69 Å². The molecule has 0 fully saturated rings. The molecule has 15 heavy (non-hydrogen) atoms. The van der Waals surface area contributed by atoms with Gasteiger partial charge in [0.25, 0.3) is 0 Å². The predicted molar refractivity (Wildman–Crippen MR) is 56.1 cm³/mol. The van der Waals surface area contributed by atoms with E-state index in [0.29, 0.717) is 11.3 Å². The maximum Gasteiger partial charge on any atom is 0.336 e. The third-order valence-corrected chi connectivity index (χ3v) is 2.17. The second-order valence-electron chi connectivity index (χ2n) is 3.26. The van der Waals surface area contributed by atoms with E-state index in [4.69, 9.17) is 10.8 Å². The van der Waals surface area contributed by atoms with Crippen molar-refractivity contribution in [2.24, 2.45) is 5.73 Å². The van der Waals surface area contributed by atoms with Gasteiger partial charge >= 0.3 is 12.0 Å². The van der Waals surface area contributed by atoms with Crippen molar-refractivity contribution >= 4 is 17.7 Å². The molecule has 0 aliphatic rings. The number of nitrogens with two attached hydrogens (primary N) is 1. The summed E-state index contributed by atoms with van der Waals surface area (Å²) in [5.41, 5.74) is 6.97. The number of amides is 2. The first-order chi connectivity index (χ1) is 6.91. The monoisotopic (exact) mass is 208 g/mol. The summed E-state index contributed by atoms with van der Waals surface area (Å²) in [6.07, 6.45) is 0. The third-order valence-electron chi connectivity index (χ3n) is 2.17. The molecule has 0 atom stereocenters. The van der Waals surface area contributed by atoms with Crippen LogP contribution in [0.3, 0.4) is 0 Å². The summed E-state index contributed by atoms with van der Waals surface area (Å²) < 4.78 is 0. The van der Waals surface area contributed by atoms with Gasteiger partial charge in [-0.2, -0.15) is 0 Å².